The van der Waals surface area contributed by atoms with Crippen LogP contribution in [-0.2, 0) is 14.3 Å². The minimum absolute atomic E-state index is 0.0540. The van der Waals surface area contributed by atoms with E-state index >= 15 is 0 Å². The van der Waals surface area contributed by atoms with E-state index in [9.17, 15) is 19.8 Å². The second-order valence-corrected chi connectivity index (χ2v) is 5.80. The number of esters is 1. The van der Waals surface area contributed by atoms with Gasteiger partial charge in [0.2, 0.25) is 5.91 Å². The maximum Gasteiger partial charge on any atom is 0.306 e. The Kier molecular flexibility index (Phi) is 5.64. The predicted octanol–water partition coefficient (Wildman–Crippen LogP) is 3.33. The molecule has 0 atom stereocenters. The molecule has 0 saturated heterocycles. The number of carbonyl (C=O) groups excluding carboxylic acids is 2. The van der Waals surface area contributed by atoms with E-state index < -0.39 is 5.97 Å². The lowest BCUT2D eigenvalue weighted by Crippen LogP contribution is -2.27. The first kappa shape index (κ1) is 18.3. The summed E-state index contributed by atoms with van der Waals surface area (Å²) in [6.45, 7) is 3.81. The Morgan fingerprint density at radius 3 is 2.20 bits per heavy atom. The van der Waals surface area contributed by atoms with E-state index in [4.69, 9.17) is 0 Å². The highest BCUT2D eigenvalue weighted by Crippen LogP contribution is 2.34. The highest BCUT2D eigenvalue weighted by molar-refractivity contribution is 6.02. The minimum Gasteiger partial charge on any atom is -0.508 e. The number of hydrogen-bond donors (Lipinski definition) is 2. The summed E-state index contributed by atoms with van der Waals surface area (Å²) in [4.78, 5) is 25.5. The quantitative estimate of drug-likeness (QED) is 0.813. The van der Waals surface area contributed by atoms with Crippen LogP contribution in [0.4, 0.5) is 11.4 Å². The lowest BCUT2D eigenvalue weighted by Gasteiger charge is -2.25. The molecule has 6 nitrogen and oxygen atoms in total. The summed E-state index contributed by atoms with van der Waals surface area (Å²) in [5.74, 6) is -1.15. The van der Waals surface area contributed by atoms with Gasteiger partial charge in [-0.05, 0) is 25.5 Å². The van der Waals surface area contributed by atoms with Crippen LogP contribution < -0.4 is 4.90 Å². The number of rotatable bonds is 5. The Morgan fingerprint density at radius 2 is 1.64 bits per heavy atom. The summed E-state index contributed by atoms with van der Waals surface area (Å²) in [5, 5.41) is 19.5. The van der Waals surface area contributed by atoms with Gasteiger partial charge in [-0.3, -0.25) is 14.5 Å². The van der Waals surface area contributed by atoms with Crippen LogP contribution in [0.2, 0.25) is 0 Å². The van der Waals surface area contributed by atoms with E-state index in [2.05, 4.69) is 4.74 Å². The van der Waals surface area contributed by atoms with Gasteiger partial charge < -0.3 is 14.9 Å². The smallest absolute Gasteiger partial charge is 0.306 e. The topological polar surface area (TPSA) is 87.1 Å². The van der Waals surface area contributed by atoms with Crippen molar-refractivity contribution >= 4 is 23.3 Å². The van der Waals surface area contributed by atoms with Crippen molar-refractivity contribution in [2.75, 3.05) is 12.0 Å². The lowest BCUT2D eigenvalue weighted by atomic mass is 10.1. The number of benzene rings is 2. The molecule has 0 aromatic heterocycles. The standard InChI is InChI=1S/C19H21NO5/c1-12-4-5-17(13(2)8-12)20(18(23)6-7-19(24)25-3)14-9-15(21)11-16(22)10-14/h4-5,8-11,21-22H,6-7H2,1-3H3. The number of aromatic hydroxyl groups is 2. The minimum atomic E-state index is -0.479. The first-order valence-corrected chi connectivity index (χ1v) is 7.82. The van der Waals surface area contributed by atoms with Crippen molar-refractivity contribution in [1.82, 2.24) is 0 Å². The largest absolute Gasteiger partial charge is 0.508 e. The predicted molar refractivity (Wildman–Crippen MR) is 94.1 cm³/mol. The first-order valence-electron chi connectivity index (χ1n) is 7.82. The van der Waals surface area contributed by atoms with Crippen molar-refractivity contribution in [1.29, 1.82) is 0 Å². The van der Waals surface area contributed by atoms with Gasteiger partial charge in [0, 0.05) is 24.6 Å². The van der Waals surface area contributed by atoms with Gasteiger partial charge in [0.05, 0.1) is 24.9 Å². The molecule has 2 rings (SSSR count). The zero-order chi connectivity index (χ0) is 18.6. The zero-order valence-corrected chi connectivity index (χ0v) is 14.4. The highest BCUT2D eigenvalue weighted by Gasteiger charge is 2.22. The molecule has 6 heteroatoms. The summed E-state index contributed by atoms with van der Waals surface area (Å²) in [7, 11) is 1.27. The molecule has 0 fully saturated rings. The number of ether oxygens (including phenoxy) is 1. The van der Waals surface area contributed by atoms with Crippen molar-refractivity contribution in [2.24, 2.45) is 0 Å². The van der Waals surface area contributed by atoms with E-state index in [1.54, 1.807) is 6.07 Å². The third-order valence-corrected chi connectivity index (χ3v) is 3.76. The average Bonchev–Trinajstić information content (AvgIpc) is 2.54. The second kappa shape index (κ2) is 7.70. The van der Waals surface area contributed by atoms with Gasteiger partial charge in [-0.15, -0.1) is 0 Å². The molecule has 0 unspecified atom stereocenters. The third kappa shape index (κ3) is 4.50. The van der Waals surface area contributed by atoms with Crippen molar-refractivity contribution in [3.8, 4) is 11.5 Å². The fourth-order valence-electron chi connectivity index (χ4n) is 2.61. The number of methoxy groups -OCH3 is 1. The maximum atomic E-state index is 12.8. The molecule has 1 amide bonds. The number of phenols is 2. The van der Waals surface area contributed by atoms with Crippen LogP contribution in [0.15, 0.2) is 36.4 Å². The Hall–Kier alpha value is -3.02. The van der Waals surface area contributed by atoms with E-state index in [1.165, 1.54) is 30.2 Å². The van der Waals surface area contributed by atoms with Crippen molar-refractivity contribution < 1.29 is 24.5 Å². The third-order valence-electron chi connectivity index (χ3n) is 3.76. The Balaban J connectivity index is 2.47. The fraction of sp³-hybridized carbons (Fsp3) is 0.263. The van der Waals surface area contributed by atoms with Crippen LogP contribution in [0.3, 0.4) is 0 Å². The molecule has 2 aromatic rings. The SMILES string of the molecule is COC(=O)CCC(=O)N(c1cc(O)cc(O)c1)c1ccc(C)cc1C. The molecule has 0 spiro atoms. The normalized spacial score (nSPS) is 10.4. The molecular weight excluding hydrogens is 322 g/mol. The van der Waals surface area contributed by atoms with Crippen LogP contribution in [0, 0.1) is 13.8 Å². The summed E-state index contributed by atoms with van der Waals surface area (Å²) in [6, 6.07) is 9.54. The first-order chi connectivity index (χ1) is 11.8. The van der Waals surface area contributed by atoms with Crippen LogP contribution in [0.25, 0.3) is 0 Å². The molecule has 0 aliphatic heterocycles. The van der Waals surface area contributed by atoms with Gasteiger partial charge >= 0.3 is 5.97 Å². The second-order valence-electron chi connectivity index (χ2n) is 5.80. The van der Waals surface area contributed by atoms with Crippen molar-refractivity contribution in [2.45, 2.75) is 26.7 Å². The summed E-state index contributed by atoms with van der Waals surface area (Å²) >= 11 is 0. The average molecular weight is 343 g/mol. The number of hydrogen-bond acceptors (Lipinski definition) is 5. The van der Waals surface area contributed by atoms with E-state index in [0.717, 1.165) is 11.1 Å². The van der Waals surface area contributed by atoms with Crippen molar-refractivity contribution in [3.05, 3.63) is 47.5 Å². The van der Waals surface area contributed by atoms with Gasteiger partial charge in [-0.2, -0.15) is 0 Å². The van der Waals surface area contributed by atoms with Crippen molar-refractivity contribution in [3.63, 3.8) is 0 Å². The summed E-state index contributed by atoms with van der Waals surface area (Å²) in [6.07, 6.45) is -0.113. The lowest BCUT2D eigenvalue weighted by molar-refractivity contribution is -0.141. The molecule has 2 aromatic carbocycles. The molecule has 0 heterocycles. The van der Waals surface area contributed by atoms with Crippen LogP contribution >= 0.6 is 0 Å². The van der Waals surface area contributed by atoms with Crippen LogP contribution in [0.1, 0.15) is 24.0 Å². The van der Waals surface area contributed by atoms with E-state index in [-0.39, 0.29) is 30.2 Å². The monoisotopic (exact) mass is 343 g/mol. The molecule has 0 saturated carbocycles. The molecule has 0 bridgehead atoms. The number of nitrogens with zero attached hydrogens (tertiary/aromatic N) is 1. The van der Waals surface area contributed by atoms with Crippen LogP contribution in [-0.4, -0.2) is 29.2 Å². The molecule has 0 aliphatic carbocycles. The number of carbonyl (C=O) groups is 2. The number of anilines is 2. The zero-order valence-electron chi connectivity index (χ0n) is 14.4. The maximum absolute atomic E-state index is 12.8. The Labute approximate surface area is 146 Å². The Morgan fingerprint density at radius 1 is 1.00 bits per heavy atom. The number of aryl methyl sites for hydroxylation is 2. The van der Waals surface area contributed by atoms with E-state index in [1.807, 2.05) is 26.0 Å². The van der Waals surface area contributed by atoms with Gasteiger partial charge in [0.1, 0.15) is 11.5 Å². The van der Waals surface area contributed by atoms with E-state index in [0.29, 0.717) is 11.4 Å². The number of phenolic OH excluding ortho intramolecular Hbond substituents is 2. The molecule has 132 valence electrons. The van der Waals surface area contributed by atoms with Crippen LogP contribution in [0.5, 0.6) is 11.5 Å². The van der Waals surface area contributed by atoms with Gasteiger partial charge in [0.25, 0.3) is 0 Å². The Bertz CT molecular complexity index is 780. The van der Waals surface area contributed by atoms with Gasteiger partial charge in [-0.1, -0.05) is 17.7 Å². The highest BCUT2D eigenvalue weighted by atomic mass is 16.5. The molecule has 0 aliphatic rings. The number of amides is 1. The summed E-state index contributed by atoms with van der Waals surface area (Å²) in [5.41, 5.74) is 2.83. The van der Waals surface area contributed by atoms with Gasteiger partial charge in [-0.25, -0.2) is 0 Å². The fourth-order valence-corrected chi connectivity index (χ4v) is 2.61. The molecule has 0 radical (unpaired) electrons. The van der Waals surface area contributed by atoms with Gasteiger partial charge in [0.15, 0.2) is 0 Å². The molecule has 25 heavy (non-hydrogen) atoms. The molecular formula is C19H21NO5. The molecule has 2 N–H and O–H groups in total. The summed E-state index contributed by atoms with van der Waals surface area (Å²) < 4.78 is 4.58.